The Morgan fingerprint density at radius 2 is 1.93 bits per heavy atom. The number of carbonyl (C=O) groups is 2. The first-order valence-electron chi connectivity index (χ1n) is 8.51. The average molecular weight is 471 g/mol. The Morgan fingerprint density at radius 3 is 2.53 bits per heavy atom. The maximum absolute atomic E-state index is 13.0. The van der Waals surface area contributed by atoms with E-state index in [1.165, 1.54) is 42.2 Å². The maximum atomic E-state index is 13.0. The molecule has 156 valence electrons. The van der Waals surface area contributed by atoms with Gasteiger partial charge >= 0.3 is 6.61 Å². The summed E-state index contributed by atoms with van der Waals surface area (Å²) in [5.41, 5.74) is 1.05. The van der Waals surface area contributed by atoms with E-state index in [2.05, 4.69) is 9.73 Å². The van der Waals surface area contributed by atoms with Gasteiger partial charge in [0.1, 0.15) is 17.2 Å². The van der Waals surface area contributed by atoms with Gasteiger partial charge in [0.15, 0.2) is 5.17 Å². The van der Waals surface area contributed by atoms with Crippen LogP contribution < -0.4 is 9.64 Å². The lowest BCUT2D eigenvalue weighted by molar-refractivity contribution is -0.115. The predicted molar refractivity (Wildman–Crippen MR) is 116 cm³/mol. The number of nitrogens with zero attached hydrogens (tertiary/aromatic N) is 2. The fourth-order valence-corrected chi connectivity index (χ4v) is 3.81. The molecule has 10 heteroatoms. The maximum Gasteiger partial charge on any atom is 0.387 e. The number of thioether (sulfide) groups is 1. The van der Waals surface area contributed by atoms with E-state index in [0.717, 1.165) is 11.8 Å². The van der Waals surface area contributed by atoms with Gasteiger partial charge in [0, 0.05) is 10.0 Å². The monoisotopic (exact) mass is 470 g/mol. The van der Waals surface area contributed by atoms with E-state index in [9.17, 15) is 18.4 Å². The van der Waals surface area contributed by atoms with Crippen LogP contribution in [0.3, 0.4) is 0 Å². The number of benzene rings is 2. The van der Waals surface area contributed by atoms with Crippen LogP contribution in [0.15, 0.2) is 53.2 Å². The van der Waals surface area contributed by atoms with Gasteiger partial charge < -0.3 is 4.74 Å². The molecule has 1 amide bonds. The molecule has 2 aromatic rings. The number of ketones is 1. The Bertz CT molecular complexity index is 1040. The summed E-state index contributed by atoms with van der Waals surface area (Å²) in [4.78, 5) is 30.1. The summed E-state index contributed by atoms with van der Waals surface area (Å²) in [6.45, 7) is -1.53. The lowest BCUT2D eigenvalue weighted by Gasteiger charge is -2.18. The molecule has 0 aliphatic carbocycles. The van der Waals surface area contributed by atoms with Crippen molar-refractivity contribution in [3.8, 4) is 5.75 Å². The number of carbonyl (C=O) groups excluding carboxylic acids is 2. The molecule has 0 bridgehead atoms. The predicted octanol–water partition coefficient (Wildman–Crippen LogP) is 5.66. The fourth-order valence-electron chi connectivity index (χ4n) is 2.53. The number of halogens is 4. The molecule has 3 rings (SSSR count). The third-order valence-electron chi connectivity index (χ3n) is 3.81. The average Bonchev–Trinajstić information content (AvgIpc) is 2.98. The molecule has 0 saturated heterocycles. The standard InChI is InChI=1S/C20H14Cl2F2N2O3S/c1-11(27)10-30-20-25-17(8-12-2-3-13(21)9-16(12)22)18(28)26(20)14-4-6-15(7-5-14)29-19(23)24/h2-9,19H,10H2,1H3/b17-8-. The molecule has 0 spiro atoms. The molecule has 2 aromatic carbocycles. The van der Waals surface area contributed by atoms with Crippen LogP contribution in [0.5, 0.6) is 5.75 Å². The van der Waals surface area contributed by atoms with Crippen molar-refractivity contribution in [1.29, 1.82) is 0 Å². The van der Waals surface area contributed by atoms with E-state index in [4.69, 9.17) is 23.2 Å². The van der Waals surface area contributed by atoms with Gasteiger partial charge in [-0.1, -0.05) is 41.0 Å². The van der Waals surface area contributed by atoms with Gasteiger partial charge in [-0.3, -0.25) is 14.5 Å². The van der Waals surface area contributed by atoms with E-state index in [1.807, 2.05) is 0 Å². The summed E-state index contributed by atoms with van der Waals surface area (Å²) in [5, 5.41) is 1.09. The zero-order valence-corrected chi connectivity index (χ0v) is 17.8. The molecule has 0 saturated carbocycles. The highest BCUT2D eigenvalue weighted by molar-refractivity contribution is 8.14. The molecule has 1 aliphatic rings. The SMILES string of the molecule is CC(=O)CSC1=N/C(=C\c2ccc(Cl)cc2Cl)C(=O)N1c1ccc(OC(F)F)cc1. The third kappa shape index (κ3) is 5.38. The highest BCUT2D eigenvalue weighted by Crippen LogP contribution is 2.32. The summed E-state index contributed by atoms with van der Waals surface area (Å²) >= 11 is 13.2. The van der Waals surface area contributed by atoms with Crippen LogP contribution in [-0.4, -0.2) is 29.2 Å². The summed E-state index contributed by atoms with van der Waals surface area (Å²) in [6, 6.07) is 10.4. The van der Waals surface area contributed by atoms with Crippen molar-refractivity contribution in [1.82, 2.24) is 0 Å². The largest absolute Gasteiger partial charge is 0.435 e. The number of hydrogen-bond donors (Lipinski definition) is 0. The van der Waals surface area contributed by atoms with Gasteiger partial charge in [-0.05, 0) is 55.0 Å². The van der Waals surface area contributed by atoms with E-state index >= 15 is 0 Å². The zero-order chi connectivity index (χ0) is 21.8. The number of aliphatic imine (C=N–C) groups is 1. The lowest BCUT2D eigenvalue weighted by Crippen LogP contribution is -2.30. The molecular formula is C20H14Cl2F2N2O3S. The van der Waals surface area contributed by atoms with Crippen molar-refractivity contribution < 1.29 is 23.1 Å². The number of rotatable bonds is 6. The third-order valence-corrected chi connectivity index (χ3v) is 5.45. The van der Waals surface area contributed by atoms with Crippen LogP contribution in [0.4, 0.5) is 14.5 Å². The smallest absolute Gasteiger partial charge is 0.387 e. The van der Waals surface area contributed by atoms with Gasteiger partial charge in [-0.15, -0.1) is 0 Å². The van der Waals surface area contributed by atoms with Crippen LogP contribution in [-0.2, 0) is 9.59 Å². The number of anilines is 1. The number of Topliss-reactive ketones (excluding diaryl/α,β-unsaturated/α-hetero) is 1. The van der Waals surface area contributed by atoms with Crippen molar-refractivity contribution in [2.45, 2.75) is 13.5 Å². The molecule has 30 heavy (non-hydrogen) atoms. The van der Waals surface area contributed by atoms with Crippen molar-refractivity contribution in [2.75, 3.05) is 10.7 Å². The van der Waals surface area contributed by atoms with E-state index in [0.29, 0.717) is 21.3 Å². The second-order valence-corrected chi connectivity index (χ2v) is 7.88. The zero-order valence-electron chi connectivity index (χ0n) is 15.4. The Hall–Kier alpha value is -2.42. The molecule has 5 nitrogen and oxygen atoms in total. The molecule has 0 unspecified atom stereocenters. The molecule has 1 aliphatic heterocycles. The molecule has 0 N–H and O–H groups in total. The van der Waals surface area contributed by atoms with Crippen molar-refractivity contribution >= 4 is 63.6 Å². The van der Waals surface area contributed by atoms with Gasteiger partial charge in [-0.2, -0.15) is 8.78 Å². The summed E-state index contributed by atoms with van der Waals surface area (Å²) in [5.74, 6) is -0.466. The number of hydrogen-bond acceptors (Lipinski definition) is 5. The summed E-state index contributed by atoms with van der Waals surface area (Å²) < 4.78 is 29.1. The van der Waals surface area contributed by atoms with Crippen LogP contribution >= 0.6 is 35.0 Å². The Kier molecular flexibility index (Phi) is 7.12. The molecule has 0 fully saturated rings. The van der Waals surface area contributed by atoms with Gasteiger partial charge in [0.2, 0.25) is 0 Å². The number of alkyl halides is 2. The normalized spacial score (nSPS) is 15.1. The molecule has 1 heterocycles. The van der Waals surface area contributed by atoms with E-state index < -0.39 is 12.5 Å². The first kappa shape index (κ1) is 22.3. The Morgan fingerprint density at radius 1 is 1.23 bits per heavy atom. The molecule has 0 aromatic heterocycles. The highest BCUT2D eigenvalue weighted by atomic mass is 35.5. The molecule has 0 radical (unpaired) electrons. The van der Waals surface area contributed by atoms with Crippen LogP contribution in [0.2, 0.25) is 10.0 Å². The quantitative estimate of drug-likeness (QED) is 0.511. The minimum absolute atomic E-state index is 0.0426. The van der Waals surface area contributed by atoms with Crippen molar-refractivity contribution in [2.24, 2.45) is 4.99 Å². The first-order chi connectivity index (χ1) is 14.2. The highest BCUT2D eigenvalue weighted by Gasteiger charge is 2.32. The second kappa shape index (κ2) is 9.59. The fraction of sp³-hybridized carbons (Fsp3) is 0.150. The first-order valence-corrected chi connectivity index (χ1v) is 10.3. The van der Waals surface area contributed by atoms with Crippen LogP contribution in [0, 0.1) is 0 Å². The van der Waals surface area contributed by atoms with Gasteiger partial charge in [0.05, 0.1) is 11.4 Å². The minimum Gasteiger partial charge on any atom is -0.435 e. The Labute approximate surface area is 185 Å². The van der Waals surface area contributed by atoms with Crippen molar-refractivity contribution in [3.63, 3.8) is 0 Å². The van der Waals surface area contributed by atoms with Crippen LogP contribution in [0.25, 0.3) is 6.08 Å². The second-order valence-electron chi connectivity index (χ2n) is 6.09. The van der Waals surface area contributed by atoms with E-state index in [1.54, 1.807) is 18.2 Å². The minimum atomic E-state index is -2.95. The molecular weight excluding hydrogens is 457 g/mol. The number of amidine groups is 1. The molecule has 0 atom stereocenters. The number of amides is 1. The summed E-state index contributed by atoms with van der Waals surface area (Å²) in [7, 11) is 0. The van der Waals surface area contributed by atoms with E-state index in [-0.39, 0.29) is 28.2 Å². The van der Waals surface area contributed by atoms with Crippen LogP contribution in [0.1, 0.15) is 12.5 Å². The van der Waals surface area contributed by atoms with Gasteiger partial charge in [0.25, 0.3) is 5.91 Å². The van der Waals surface area contributed by atoms with Gasteiger partial charge in [-0.25, -0.2) is 4.99 Å². The topological polar surface area (TPSA) is 59.0 Å². The lowest BCUT2D eigenvalue weighted by atomic mass is 10.2. The number of ether oxygens (including phenoxy) is 1. The van der Waals surface area contributed by atoms with Crippen molar-refractivity contribution in [3.05, 3.63) is 63.8 Å². The summed E-state index contributed by atoms with van der Waals surface area (Å²) in [6.07, 6.45) is 1.52. The Balaban J connectivity index is 1.95.